The summed E-state index contributed by atoms with van der Waals surface area (Å²) in [6.45, 7) is 13.6. The van der Waals surface area contributed by atoms with Gasteiger partial charge in [0.2, 0.25) is 5.91 Å². The molecule has 6 rings (SSSR count). The molecule has 5 heterocycles. The number of fused-ring (bicyclic) bond motifs is 2. The van der Waals surface area contributed by atoms with Gasteiger partial charge in [0.1, 0.15) is 11.2 Å². The summed E-state index contributed by atoms with van der Waals surface area (Å²) in [5.41, 5.74) is 14.3. The fourth-order valence-electron chi connectivity index (χ4n) is 6.49. The van der Waals surface area contributed by atoms with Crippen molar-refractivity contribution in [3.05, 3.63) is 39.7 Å². The molecule has 1 saturated carbocycles. The Morgan fingerprint density at radius 1 is 1.26 bits per heavy atom. The quantitative estimate of drug-likeness (QED) is 0.438. The van der Waals surface area contributed by atoms with Crippen LogP contribution in [0.2, 0.25) is 0 Å². The van der Waals surface area contributed by atoms with E-state index in [1.165, 1.54) is 61.4 Å². The number of rotatable bonds is 5. The number of H-pyrrole nitrogens is 1. The average Bonchev–Trinajstić information content (AvgIpc) is 3.41. The molecule has 1 saturated heterocycles. The monoisotopic (exact) mass is 476 g/mol. The van der Waals surface area contributed by atoms with E-state index < -0.39 is 0 Å². The molecule has 2 aliphatic rings. The Kier molecular flexibility index (Phi) is 4.74. The van der Waals surface area contributed by atoms with Crippen LogP contribution in [0.25, 0.3) is 27.1 Å². The van der Waals surface area contributed by atoms with E-state index in [4.69, 9.17) is 5.73 Å². The van der Waals surface area contributed by atoms with Gasteiger partial charge in [0.05, 0.1) is 12.2 Å². The fraction of sp³-hybridized carbons (Fsp3) is 0.500. The lowest BCUT2D eigenvalue weighted by atomic mass is 9.55. The number of primary amides is 1. The summed E-state index contributed by atoms with van der Waals surface area (Å²) in [4.78, 5) is 24.6. The van der Waals surface area contributed by atoms with Crippen molar-refractivity contribution in [1.29, 1.82) is 0 Å². The first-order valence-electron chi connectivity index (χ1n) is 12.2. The SMILES string of the molecule is Cc1c(-c2[nH]c3sc([C@H]4CCC45CN(CC(N)=O)C5)c(C)c3c2C(C)C)cn2ncnc2c1C. The van der Waals surface area contributed by atoms with Crippen molar-refractivity contribution in [2.75, 3.05) is 19.6 Å². The van der Waals surface area contributed by atoms with Gasteiger partial charge in [-0.25, -0.2) is 9.50 Å². The average molecular weight is 477 g/mol. The van der Waals surface area contributed by atoms with Gasteiger partial charge in [-0.1, -0.05) is 13.8 Å². The Balaban J connectivity index is 1.43. The standard InChI is InChI=1S/C26H32N6OS/c1-13(2)20-21-16(5)23(18-6-7-26(18)10-31(11-26)9-19(27)33)34-25(21)30-22(20)17-8-32-24(28-12-29-32)15(4)14(17)3/h8,12-13,18,30H,6-7,9-11H2,1-5H3,(H2,27,33)/t18-/m1/s1. The smallest absolute Gasteiger partial charge is 0.231 e. The highest BCUT2D eigenvalue weighted by Crippen LogP contribution is 2.61. The molecule has 1 aliphatic carbocycles. The normalized spacial score (nSPS) is 19.9. The number of hydrogen-bond acceptors (Lipinski definition) is 5. The van der Waals surface area contributed by atoms with Gasteiger partial charge in [0.15, 0.2) is 5.65 Å². The van der Waals surface area contributed by atoms with E-state index >= 15 is 0 Å². The number of nitrogens with two attached hydrogens (primary N) is 1. The largest absolute Gasteiger partial charge is 0.369 e. The highest BCUT2D eigenvalue weighted by atomic mass is 32.1. The van der Waals surface area contributed by atoms with Crippen molar-refractivity contribution < 1.29 is 4.79 Å². The van der Waals surface area contributed by atoms with Crippen LogP contribution in [-0.2, 0) is 4.79 Å². The molecule has 1 spiro atoms. The highest BCUT2D eigenvalue weighted by Gasteiger charge is 2.55. The summed E-state index contributed by atoms with van der Waals surface area (Å²) in [5, 5.41) is 5.81. The van der Waals surface area contributed by atoms with Crippen LogP contribution in [-0.4, -0.2) is 50.0 Å². The van der Waals surface area contributed by atoms with E-state index in [1.54, 1.807) is 6.33 Å². The number of pyridine rings is 1. The molecule has 34 heavy (non-hydrogen) atoms. The summed E-state index contributed by atoms with van der Waals surface area (Å²) in [5.74, 6) is 0.748. The van der Waals surface area contributed by atoms with Crippen LogP contribution in [0.15, 0.2) is 12.5 Å². The number of carbonyl (C=O) groups is 1. The predicted octanol–water partition coefficient (Wildman–Crippen LogP) is 4.65. The zero-order valence-corrected chi connectivity index (χ0v) is 21.3. The maximum absolute atomic E-state index is 11.3. The molecule has 4 aromatic heterocycles. The van der Waals surface area contributed by atoms with Crippen molar-refractivity contribution in [2.24, 2.45) is 11.1 Å². The number of thiophene rings is 1. The molecule has 178 valence electrons. The molecule has 0 aromatic carbocycles. The molecule has 1 aliphatic heterocycles. The molecule has 2 fully saturated rings. The minimum atomic E-state index is -0.227. The number of hydrogen-bond donors (Lipinski definition) is 2. The molecular weight excluding hydrogens is 444 g/mol. The van der Waals surface area contributed by atoms with Gasteiger partial charge in [-0.15, -0.1) is 11.3 Å². The van der Waals surface area contributed by atoms with Crippen molar-refractivity contribution in [3.8, 4) is 11.3 Å². The Labute approximate surface area is 203 Å². The molecular formula is C26H32N6OS. The second-order valence-electron chi connectivity index (χ2n) is 10.7. The van der Waals surface area contributed by atoms with Crippen LogP contribution in [0.3, 0.4) is 0 Å². The van der Waals surface area contributed by atoms with Gasteiger partial charge in [-0.05, 0) is 61.8 Å². The Morgan fingerprint density at radius 3 is 2.68 bits per heavy atom. The summed E-state index contributed by atoms with van der Waals surface area (Å²) in [7, 11) is 0. The van der Waals surface area contributed by atoms with Crippen molar-refractivity contribution in [3.63, 3.8) is 0 Å². The number of likely N-dealkylation sites (tertiary alicyclic amines) is 1. The fourth-order valence-corrected chi connectivity index (χ4v) is 7.99. The summed E-state index contributed by atoms with van der Waals surface area (Å²) in [6.07, 6.45) is 6.22. The number of carbonyl (C=O) groups excluding carboxylic acids is 1. The van der Waals surface area contributed by atoms with E-state index in [0.717, 1.165) is 18.7 Å². The van der Waals surface area contributed by atoms with Gasteiger partial charge in [-0.3, -0.25) is 9.69 Å². The number of nitrogens with zero attached hydrogens (tertiary/aromatic N) is 4. The Bertz CT molecular complexity index is 1450. The first-order valence-corrected chi connectivity index (χ1v) is 13.0. The summed E-state index contributed by atoms with van der Waals surface area (Å²) in [6, 6.07) is 0. The van der Waals surface area contributed by atoms with Crippen LogP contribution >= 0.6 is 11.3 Å². The predicted molar refractivity (Wildman–Crippen MR) is 136 cm³/mol. The number of amides is 1. The van der Waals surface area contributed by atoms with Crippen molar-refractivity contribution in [2.45, 2.75) is 59.3 Å². The summed E-state index contributed by atoms with van der Waals surface area (Å²) < 4.78 is 1.89. The third kappa shape index (κ3) is 2.94. The lowest BCUT2D eigenvalue weighted by molar-refractivity contribution is -0.127. The van der Waals surface area contributed by atoms with Gasteiger partial charge in [0, 0.05) is 46.4 Å². The second-order valence-corrected chi connectivity index (χ2v) is 11.8. The van der Waals surface area contributed by atoms with Crippen LogP contribution < -0.4 is 5.73 Å². The van der Waals surface area contributed by atoms with E-state index in [9.17, 15) is 4.79 Å². The van der Waals surface area contributed by atoms with E-state index in [2.05, 4.69) is 60.8 Å². The van der Waals surface area contributed by atoms with Crippen molar-refractivity contribution >= 4 is 33.1 Å². The number of aromatic amines is 1. The van der Waals surface area contributed by atoms with Crippen molar-refractivity contribution in [1.82, 2.24) is 24.5 Å². The minimum absolute atomic E-state index is 0.227. The first-order chi connectivity index (χ1) is 16.2. The van der Waals surface area contributed by atoms with Gasteiger partial charge >= 0.3 is 0 Å². The molecule has 8 heteroatoms. The lowest BCUT2D eigenvalue weighted by Crippen LogP contribution is -2.64. The zero-order valence-electron chi connectivity index (χ0n) is 20.5. The molecule has 1 amide bonds. The number of aryl methyl sites for hydroxylation is 2. The lowest BCUT2D eigenvalue weighted by Gasteiger charge is -2.60. The zero-order chi connectivity index (χ0) is 23.9. The van der Waals surface area contributed by atoms with Gasteiger partial charge in [-0.2, -0.15) is 5.10 Å². The van der Waals surface area contributed by atoms with Gasteiger partial charge < -0.3 is 10.7 Å². The van der Waals surface area contributed by atoms with Crippen LogP contribution in [0, 0.1) is 26.2 Å². The number of nitrogens with one attached hydrogen (secondary N) is 1. The Hall–Kier alpha value is -2.71. The second kappa shape index (κ2) is 7.39. The van der Waals surface area contributed by atoms with Crippen LogP contribution in [0.4, 0.5) is 0 Å². The van der Waals surface area contributed by atoms with Gasteiger partial charge in [0.25, 0.3) is 0 Å². The molecule has 3 N–H and O–H groups in total. The molecule has 4 aromatic rings. The minimum Gasteiger partial charge on any atom is -0.369 e. The molecule has 7 nitrogen and oxygen atoms in total. The van der Waals surface area contributed by atoms with Crippen LogP contribution in [0.5, 0.6) is 0 Å². The molecule has 0 bridgehead atoms. The summed E-state index contributed by atoms with van der Waals surface area (Å²) >= 11 is 1.94. The molecule has 0 unspecified atom stereocenters. The topological polar surface area (TPSA) is 92.3 Å². The van der Waals surface area contributed by atoms with E-state index in [0.29, 0.717) is 23.8 Å². The third-order valence-corrected chi connectivity index (χ3v) is 9.70. The maximum atomic E-state index is 11.3. The highest BCUT2D eigenvalue weighted by molar-refractivity contribution is 7.19. The molecule has 1 atom stereocenters. The molecule has 0 radical (unpaired) electrons. The van der Waals surface area contributed by atoms with E-state index in [-0.39, 0.29) is 5.91 Å². The van der Waals surface area contributed by atoms with E-state index in [1.807, 2.05) is 15.9 Å². The van der Waals surface area contributed by atoms with Crippen LogP contribution in [0.1, 0.15) is 65.7 Å². The number of aromatic nitrogens is 4. The first kappa shape index (κ1) is 21.8. The Morgan fingerprint density at radius 2 is 2.03 bits per heavy atom. The third-order valence-electron chi connectivity index (χ3n) is 8.38. The maximum Gasteiger partial charge on any atom is 0.231 e.